The molecule has 5 N–H and O–H groups in total. The van der Waals surface area contributed by atoms with Crippen LogP contribution in [-0.4, -0.2) is 35.2 Å². The van der Waals surface area contributed by atoms with Crippen molar-refractivity contribution in [1.82, 2.24) is 29.1 Å². The number of nitrogen functional groups attached to an aromatic ring is 1. The maximum atomic E-state index is 15.3. The van der Waals surface area contributed by atoms with E-state index in [1.807, 2.05) is 50.2 Å². The Labute approximate surface area is 250 Å². The number of halogens is 1. The molecule has 0 spiro atoms. The van der Waals surface area contributed by atoms with Crippen molar-refractivity contribution < 1.29 is 9.18 Å². The van der Waals surface area contributed by atoms with Gasteiger partial charge in [0, 0.05) is 24.3 Å². The fourth-order valence-electron chi connectivity index (χ4n) is 4.89. The van der Waals surface area contributed by atoms with E-state index in [-0.39, 0.29) is 17.1 Å². The van der Waals surface area contributed by atoms with Crippen LogP contribution in [0.4, 0.5) is 32.2 Å². The highest BCUT2D eigenvalue weighted by atomic mass is 19.1. The summed E-state index contributed by atoms with van der Waals surface area (Å²) in [6, 6.07) is 17.4. The third kappa shape index (κ3) is 5.41. The molecular formula is C31H27FN10O2. The topological polar surface area (TPSA) is 157 Å². The van der Waals surface area contributed by atoms with Crippen LogP contribution in [0.25, 0.3) is 22.3 Å². The molecular weight excluding hydrogens is 563 g/mol. The number of benzene rings is 2. The molecule has 0 aliphatic heterocycles. The smallest absolute Gasteiger partial charge is 0.323 e. The molecule has 0 fully saturated rings. The fraction of sp³-hybridized carbons (Fsp3) is 0.0968. The summed E-state index contributed by atoms with van der Waals surface area (Å²) in [5.41, 5.74) is 9.16. The van der Waals surface area contributed by atoms with Crippen LogP contribution in [0.5, 0.6) is 0 Å². The molecule has 4 heterocycles. The number of nitrogens with one attached hydrogen (secondary N) is 3. The molecule has 0 bridgehead atoms. The minimum absolute atomic E-state index is 0.0370. The normalized spacial score (nSPS) is 11.7. The van der Waals surface area contributed by atoms with Crippen LogP contribution in [0.1, 0.15) is 24.4 Å². The summed E-state index contributed by atoms with van der Waals surface area (Å²) in [6.07, 6.45) is 6.09. The third-order valence-electron chi connectivity index (χ3n) is 6.99. The van der Waals surface area contributed by atoms with Crippen LogP contribution in [0.3, 0.4) is 0 Å². The monoisotopic (exact) mass is 590 g/mol. The molecule has 4 aromatic heterocycles. The lowest BCUT2D eigenvalue weighted by molar-refractivity contribution is 0.262. The van der Waals surface area contributed by atoms with Crippen LogP contribution in [0, 0.1) is 12.7 Å². The maximum Gasteiger partial charge on any atom is 0.323 e. The first-order valence-corrected chi connectivity index (χ1v) is 13.6. The molecule has 0 aliphatic carbocycles. The number of urea groups is 1. The van der Waals surface area contributed by atoms with Gasteiger partial charge in [-0.25, -0.2) is 23.7 Å². The first-order valence-electron chi connectivity index (χ1n) is 13.6. The average molecular weight is 591 g/mol. The number of nitrogens with two attached hydrogens (primary N) is 1. The van der Waals surface area contributed by atoms with Gasteiger partial charge < -0.3 is 21.7 Å². The van der Waals surface area contributed by atoms with Crippen molar-refractivity contribution in [2.24, 2.45) is 0 Å². The van der Waals surface area contributed by atoms with E-state index in [0.29, 0.717) is 39.7 Å². The number of rotatable bonds is 7. The lowest BCUT2D eigenvalue weighted by Crippen LogP contribution is -2.29. The molecule has 44 heavy (non-hydrogen) atoms. The van der Waals surface area contributed by atoms with E-state index in [4.69, 9.17) is 10.8 Å². The number of pyridine rings is 1. The summed E-state index contributed by atoms with van der Waals surface area (Å²) in [4.78, 5) is 38.5. The Morgan fingerprint density at radius 1 is 1.00 bits per heavy atom. The van der Waals surface area contributed by atoms with Gasteiger partial charge in [-0.15, -0.1) is 0 Å². The van der Waals surface area contributed by atoms with Crippen LogP contribution >= 0.6 is 0 Å². The Morgan fingerprint density at radius 3 is 2.52 bits per heavy atom. The van der Waals surface area contributed by atoms with E-state index < -0.39 is 17.9 Å². The number of hydrogen-bond acceptors (Lipinski definition) is 8. The molecule has 6 rings (SSSR count). The number of aryl methyl sites for hydroxylation is 1. The predicted octanol–water partition coefficient (Wildman–Crippen LogP) is 5.18. The summed E-state index contributed by atoms with van der Waals surface area (Å²) >= 11 is 0. The number of para-hydroxylation sites is 1. The van der Waals surface area contributed by atoms with Crippen molar-refractivity contribution in [3.8, 4) is 16.8 Å². The van der Waals surface area contributed by atoms with Crippen LogP contribution in [0.2, 0.25) is 0 Å². The standard InChI is InChI=1S/C31H27FN10O2/c1-18-12-15-41-26(18)30(43)42(22-6-4-3-5-7-22)29(40-41)19(2)37-28-25(27(33)35-17-36-28)20-8-9-24(23(32)16-20)39-31(44)38-21-10-13-34-14-11-21/h3-17,19H,1-2H3,(H3,33,35,36,37)(H2,34,38,39,44)/t19-/m0/s1. The highest BCUT2D eigenvalue weighted by molar-refractivity contribution is 6.00. The second kappa shape index (κ2) is 11.6. The molecule has 220 valence electrons. The van der Waals surface area contributed by atoms with Gasteiger partial charge in [0.2, 0.25) is 0 Å². The van der Waals surface area contributed by atoms with E-state index >= 15 is 4.39 Å². The van der Waals surface area contributed by atoms with Gasteiger partial charge in [-0.05, 0) is 67.4 Å². The molecule has 0 aliphatic rings. The highest BCUT2D eigenvalue weighted by Crippen LogP contribution is 2.34. The minimum Gasteiger partial charge on any atom is -0.383 e. The highest BCUT2D eigenvalue weighted by Gasteiger charge is 2.22. The van der Waals surface area contributed by atoms with Gasteiger partial charge in [0.25, 0.3) is 5.56 Å². The van der Waals surface area contributed by atoms with Gasteiger partial charge in [0.15, 0.2) is 5.82 Å². The van der Waals surface area contributed by atoms with Crippen molar-refractivity contribution in [2.45, 2.75) is 19.9 Å². The Balaban J connectivity index is 1.33. The average Bonchev–Trinajstić information content (AvgIpc) is 3.40. The molecule has 1 atom stereocenters. The summed E-state index contributed by atoms with van der Waals surface area (Å²) < 4.78 is 18.4. The fourth-order valence-corrected chi connectivity index (χ4v) is 4.89. The number of aromatic nitrogens is 6. The van der Waals surface area contributed by atoms with E-state index in [1.165, 1.54) is 30.9 Å². The summed E-state index contributed by atoms with van der Waals surface area (Å²) in [5, 5.41) is 13.2. The minimum atomic E-state index is -0.692. The largest absolute Gasteiger partial charge is 0.383 e. The molecule has 0 radical (unpaired) electrons. The SMILES string of the molecule is Cc1ccn2nc([C@H](C)Nc3ncnc(N)c3-c3ccc(NC(=O)Nc4ccncc4)c(F)c3)n(-c3ccccc3)c(=O)c12. The second-order valence-corrected chi connectivity index (χ2v) is 9.98. The second-order valence-electron chi connectivity index (χ2n) is 9.98. The van der Waals surface area contributed by atoms with Gasteiger partial charge in [-0.1, -0.05) is 24.3 Å². The zero-order valence-corrected chi connectivity index (χ0v) is 23.7. The number of carbonyl (C=O) groups excluding carboxylic acids is 1. The predicted molar refractivity (Wildman–Crippen MR) is 166 cm³/mol. The molecule has 13 heteroatoms. The molecule has 0 unspecified atom stereocenters. The quantitative estimate of drug-likeness (QED) is 0.198. The summed E-state index contributed by atoms with van der Waals surface area (Å²) in [6.45, 7) is 3.69. The van der Waals surface area contributed by atoms with Crippen LogP contribution in [0.15, 0.2) is 96.4 Å². The zero-order chi connectivity index (χ0) is 30.8. The van der Waals surface area contributed by atoms with E-state index in [1.54, 1.807) is 33.5 Å². The van der Waals surface area contributed by atoms with Gasteiger partial charge in [0.1, 0.15) is 29.3 Å². The van der Waals surface area contributed by atoms with Crippen LogP contribution < -0.4 is 27.2 Å². The first kappa shape index (κ1) is 28.0. The summed E-state index contributed by atoms with van der Waals surface area (Å²) in [7, 11) is 0. The van der Waals surface area contributed by atoms with Crippen LogP contribution in [-0.2, 0) is 0 Å². The molecule has 2 amide bonds. The summed E-state index contributed by atoms with van der Waals surface area (Å²) in [5.74, 6) is 0.134. The van der Waals surface area contributed by atoms with E-state index in [2.05, 4.69) is 30.9 Å². The Bertz CT molecular complexity index is 2040. The molecule has 12 nitrogen and oxygen atoms in total. The molecule has 0 saturated carbocycles. The van der Waals surface area contributed by atoms with Crippen molar-refractivity contribution in [2.75, 3.05) is 21.7 Å². The zero-order valence-electron chi connectivity index (χ0n) is 23.7. The Kier molecular flexibility index (Phi) is 7.42. The number of carbonyl (C=O) groups is 1. The van der Waals surface area contributed by atoms with Gasteiger partial charge in [-0.2, -0.15) is 5.10 Å². The number of hydrogen-bond donors (Lipinski definition) is 4. The first-order chi connectivity index (χ1) is 21.3. The Morgan fingerprint density at radius 2 is 1.77 bits per heavy atom. The number of amides is 2. The number of anilines is 4. The van der Waals surface area contributed by atoms with Crippen molar-refractivity contribution in [1.29, 1.82) is 0 Å². The van der Waals surface area contributed by atoms with E-state index in [9.17, 15) is 9.59 Å². The van der Waals surface area contributed by atoms with Crippen molar-refractivity contribution >= 4 is 34.6 Å². The molecule has 0 saturated heterocycles. The van der Waals surface area contributed by atoms with Gasteiger partial charge in [-0.3, -0.25) is 14.3 Å². The lowest BCUT2D eigenvalue weighted by atomic mass is 10.1. The van der Waals surface area contributed by atoms with Crippen molar-refractivity contribution in [3.63, 3.8) is 0 Å². The molecule has 6 aromatic rings. The van der Waals surface area contributed by atoms with Gasteiger partial charge >= 0.3 is 6.03 Å². The Hall–Kier alpha value is -6.11. The van der Waals surface area contributed by atoms with Gasteiger partial charge in [0.05, 0.1) is 23.0 Å². The molecule has 2 aromatic carbocycles. The third-order valence-corrected chi connectivity index (χ3v) is 6.99. The van der Waals surface area contributed by atoms with Crippen molar-refractivity contribution in [3.05, 3.63) is 119 Å². The number of fused-ring (bicyclic) bond motifs is 1. The number of nitrogens with zero attached hydrogens (tertiary/aromatic N) is 6. The van der Waals surface area contributed by atoms with E-state index in [0.717, 1.165) is 5.56 Å². The maximum absolute atomic E-state index is 15.3. The lowest BCUT2D eigenvalue weighted by Gasteiger charge is -2.21.